The maximum absolute atomic E-state index is 11.9. The molecular weight excluding hydrogens is 212 g/mol. The first-order chi connectivity index (χ1) is 7.99. The quantitative estimate of drug-likeness (QED) is 0.774. The minimum absolute atomic E-state index is 0.221. The fourth-order valence-electron chi connectivity index (χ4n) is 2.71. The number of amides is 1. The van der Waals surface area contributed by atoms with E-state index in [2.05, 4.69) is 38.3 Å². The first kappa shape index (κ1) is 14.5. The van der Waals surface area contributed by atoms with Gasteiger partial charge in [0.25, 0.3) is 0 Å². The van der Waals surface area contributed by atoms with Crippen LogP contribution in [-0.2, 0) is 4.79 Å². The van der Waals surface area contributed by atoms with Crippen LogP contribution in [0.15, 0.2) is 0 Å². The Labute approximate surface area is 106 Å². The Bertz CT molecular complexity index is 240. The van der Waals surface area contributed by atoms with Gasteiger partial charge in [-0.25, -0.2) is 0 Å². The highest BCUT2D eigenvalue weighted by molar-refractivity contribution is 5.76. The molecule has 0 aliphatic carbocycles. The standard InChI is InChI=1S/C14H28N2O/c1-10(2)8-11(3)9-14(17)16-13-6-5-7-15-12(13)4/h10-13,15H,5-9H2,1-4H3,(H,16,17). The molecule has 0 aromatic heterocycles. The third kappa shape index (κ3) is 5.53. The Kier molecular flexibility index (Phi) is 5.96. The van der Waals surface area contributed by atoms with Gasteiger partial charge in [0.2, 0.25) is 5.91 Å². The van der Waals surface area contributed by atoms with E-state index in [0.717, 1.165) is 25.8 Å². The third-order valence-corrected chi connectivity index (χ3v) is 3.52. The smallest absolute Gasteiger partial charge is 0.220 e. The van der Waals surface area contributed by atoms with E-state index in [4.69, 9.17) is 0 Å². The van der Waals surface area contributed by atoms with Crippen molar-refractivity contribution < 1.29 is 4.79 Å². The molecule has 1 aliphatic heterocycles. The maximum Gasteiger partial charge on any atom is 0.220 e. The predicted octanol–water partition coefficient (Wildman–Crippen LogP) is 2.32. The zero-order chi connectivity index (χ0) is 12.8. The second-order valence-electron chi connectivity index (χ2n) is 6.00. The molecule has 3 nitrogen and oxygen atoms in total. The molecule has 3 heteroatoms. The summed E-state index contributed by atoms with van der Waals surface area (Å²) in [6, 6.07) is 0.732. The van der Waals surface area contributed by atoms with Gasteiger partial charge in [-0.15, -0.1) is 0 Å². The van der Waals surface area contributed by atoms with Crippen LogP contribution in [0.4, 0.5) is 0 Å². The molecular formula is C14H28N2O. The fraction of sp³-hybridized carbons (Fsp3) is 0.929. The normalized spacial score (nSPS) is 26.9. The molecule has 0 bridgehead atoms. The molecule has 1 heterocycles. The van der Waals surface area contributed by atoms with E-state index < -0.39 is 0 Å². The summed E-state index contributed by atoms with van der Waals surface area (Å²) < 4.78 is 0. The average Bonchev–Trinajstić information content (AvgIpc) is 2.19. The second-order valence-corrected chi connectivity index (χ2v) is 6.00. The number of hydrogen-bond acceptors (Lipinski definition) is 2. The van der Waals surface area contributed by atoms with Gasteiger partial charge in [0.1, 0.15) is 0 Å². The first-order valence-corrected chi connectivity index (χ1v) is 7.01. The highest BCUT2D eigenvalue weighted by Crippen LogP contribution is 2.15. The lowest BCUT2D eigenvalue weighted by molar-refractivity contribution is -0.123. The van der Waals surface area contributed by atoms with Gasteiger partial charge in [-0.05, 0) is 44.6 Å². The lowest BCUT2D eigenvalue weighted by Gasteiger charge is -2.31. The van der Waals surface area contributed by atoms with Gasteiger partial charge in [0, 0.05) is 18.5 Å². The van der Waals surface area contributed by atoms with Crippen LogP contribution in [0, 0.1) is 11.8 Å². The molecule has 0 radical (unpaired) electrons. The Morgan fingerprint density at radius 3 is 2.71 bits per heavy atom. The van der Waals surface area contributed by atoms with Crippen molar-refractivity contribution in [1.29, 1.82) is 0 Å². The Morgan fingerprint density at radius 1 is 1.41 bits per heavy atom. The number of carbonyl (C=O) groups excluding carboxylic acids is 1. The molecule has 0 saturated carbocycles. The van der Waals surface area contributed by atoms with Gasteiger partial charge in [0.15, 0.2) is 0 Å². The van der Waals surface area contributed by atoms with E-state index in [-0.39, 0.29) is 5.91 Å². The number of nitrogens with one attached hydrogen (secondary N) is 2. The van der Waals surface area contributed by atoms with Crippen LogP contribution in [0.1, 0.15) is 53.4 Å². The maximum atomic E-state index is 11.9. The zero-order valence-electron chi connectivity index (χ0n) is 11.8. The molecule has 1 saturated heterocycles. The summed E-state index contributed by atoms with van der Waals surface area (Å²) in [6.45, 7) is 9.82. The van der Waals surface area contributed by atoms with Crippen molar-refractivity contribution in [2.45, 2.75) is 65.5 Å². The summed E-state index contributed by atoms with van der Waals surface area (Å²) in [5.74, 6) is 1.38. The van der Waals surface area contributed by atoms with E-state index in [9.17, 15) is 4.79 Å². The van der Waals surface area contributed by atoms with Crippen molar-refractivity contribution in [1.82, 2.24) is 10.6 Å². The molecule has 3 unspecified atom stereocenters. The summed E-state index contributed by atoms with van der Waals surface area (Å²) in [4.78, 5) is 11.9. The monoisotopic (exact) mass is 240 g/mol. The van der Waals surface area contributed by atoms with Crippen molar-refractivity contribution in [3.8, 4) is 0 Å². The van der Waals surface area contributed by atoms with Crippen molar-refractivity contribution in [3.63, 3.8) is 0 Å². The number of rotatable bonds is 5. The zero-order valence-corrected chi connectivity index (χ0v) is 11.8. The Hall–Kier alpha value is -0.570. The van der Waals surface area contributed by atoms with Crippen LogP contribution in [-0.4, -0.2) is 24.5 Å². The number of carbonyl (C=O) groups is 1. The molecule has 1 aliphatic rings. The largest absolute Gasteiger partial charge is 0.352 e. The molecule has 17 heavy (non-hydrogen) atoms. The Balaban J connectivity index is 2.28. The van der Waals surface area contributed by atoms with E-state index in [1.807, 2.05) is 0 Å². The van der Waals surface area contributed by atoms with E-state index >= 15 is 0 Å². The number of piperidine rings is 1. The Morgan fingerprint density at radius 2 is 2.12 bits per heavy atom. The third-order valence-electron chi connectivity index (χ3n) is 3.52. The molecule has 1 fully saturated rings. The van der Waals surface area contributed by atoms with Crippen molar-refractivity contribution >= 4 is 5.91 Å². The fourth-order valence-corrected chi connectivity index (χ4v) is 2.71. The SMILES string of the molecule is CC(C)CC(C)CC(=O)NC1CCCNC1C. The minimum Gasteiger partial charge on any atom is -0.352 e. The van der Waals surface area contributed by atoms with Crippen LogP contribution in [0.5, 0.6) is 0 Å². The van der Waals surface area contributed by atoms with Gasteiger partial charge < -0.3 is 10.6 Å². The lowest BCUT2D eigenvalue weighted by atomic mass is 9.95. The van der Waals surface area contributed by atoms with E-state index in [1.54, 1.807) is 0 Å². The molecule has 0 aromatic rings. The number of hydrogen-bond donors (Lipinski definition) is 2. The second kappa shape index (κ2) is 7.00. The predicted molar refractivity (Wildman–Crippen MR) is 71.9 cm³/mol. The van der Waals surface area contributed by atoms with Crippen molar-refractivity contribution in [2.24, 2.45) is 11.8 Å². The van der Waals surface area contributed by atoms with Crippen LogP contribution < -0.4 is 10.6 Å². The van der Waals surface area contributed by atoms with Gasteiger partial charge >= 0.3 is 0 Å². The summed E-state index contributed by atoms with van der Waals surface area (Å²) >= 11 is 0. The molecule has 1 rings (SSSR count). The average molecular weight is 240 g/mol. The summed E-state index contributed by atoms with van der Waals surface area (Å²) in [5.41, 5.74) is 0. The molecule has 0 spiro atoms. The van der Waals surface area contributed by atoms with Gasteiger partial charge in [-0.3, -0.25) is 4.79 Å². The molecule has 100 valence electrons. The molecule has 3 atom stereocenters. The highest BCUT2D eigenvalue weighted by Gasteiger charge is 2.22. The highest BCUT2D eigenvalue weighted by atomic mass is 16.1. The van der Waals surface area contributed by atoms with Crippen molar-refractivity contribution in [2.75, 3.05) is 6.54 Å². The van der Waals surface area contributed by atoms with E-state index in [0.29, 0.717) is 30.3 Å². The lowest BCUT2D eigenvalue weighted by Crippen LogP contribution is -2.52. The van der Waals surface area contributed by atoms with Gasteiger partial charge in [0.05, 0.1) is 0 Å². The van der Waals surface area contributed by atoms with Gasteiger partial charge in [-0.2, -0.15) is 0 Å². The van der Waals surface area contributed by atoms with Crippen LogP contribution in [0.2, 0.25) is 0 Å². The summed E-state index contributed by atoms with van der Waals surface area (Å²) in [5, 5.41) is 6.58. The van der Waals surface area contributed by atoms with Crippen LogP contribution in [0.25, 0.3) is 0 Å². The van der Waals surface area contributed by atoms with E-state index in [1.165, 1.54) is 0 Å². The van der Waals surface area contributed by atoms with Gasteiger partial charge in [-0.1, -0.05) is 20.8 Å². The molecule has 2 N–H and O–H groups in total. The first-order valence-electron chi connectivity index (χ1n) is 7.01. The van der Waals surface area contributed by atoms with Crippen molar-refractivity contribution in [3.05, 3.63) is 0 Å². The molecule has 1 amide bonds. The van der Waals surface area contributed by atoms with Crippen LogP contribution in [0.3, 0.4) is 0 Å². The summed E-state index contributed by atoms with van der Waals surface area (Å²) in [6.07, 6.45) is 4.07. The topological polar surface area (TPSA) is 41.1 Å². The summed E-state index contributed by atoms with van der Waals surface area (Å²) in [7, 11) is 0. The minimum atomic E-state index is 0.221. The van der Waals surface area contributed by atoms with Crippen LogP contribution >= 0.6 is 0 Å². The molecule has 0 aromatic carbocycles.